The summed E-state index contributed by atoms with van der Waals surface area (Å²) in [6, 6.07) is 4.74. The first-order valence-corrected chi connectivity index (χ1v) is 10.4. The van der Waals surface area contributed by atoms with Gasteiger partial charge in [0.05, 0.1) is 5.92 Å². The maximum absolute atomic E-state index is 12.7. The van der Waals surface area contributed by atoms with Gasteiger partial charge in [-0.05, 0) is 63.0 Å². The van der Waals surface area contributed by atoms with Crippen molar-refractivity contribution in [1.29, 1.82) is 0 Å². The van der Waals surface area contributed by atoms with E-state index in [-0.39, 0.29) is 24.2 Å². The number of hydrogen-bond acceptors (Lipinski definition) is 5. The first-order chi connectivity index (χ1) is 13.5. The van der Waals surface area contributed by atoms with Crippen LogP contribution in [0, 0.1) is 5.92 Å². The normalized spacial score (nSPS) is 22.1. The van der Waals surface area contributed by atoms with E-state index in [0.29, 0.717) is 12.6 Å². The molecule has 7 nitrogen and oxygen atoms in total. The molecule has 2 N–H and O–H groups in total. The van der Waals surface area contributed by atoms with Crippen LogP contribution in [-0.4, -0.2) is 77.3 Å². The van der Waals surface area contributed by atoms with Crippen LogP contribution in [0.4, 0.5) is 0 Å². The average Bonchev–Trinajstić information content (AvgIpc) is 2.73. The first kappa shape index (κ1) is 20.7. The van der Waals surface area contributed by atoms with Gasteiger partial charge >= 0.3 is 0 Å². The molecule has 0 radical (unpaired) electrons. The van der Waals surface area contributed by atoms with Crippen molar-refractivity contribution in [3.63, 3.8) is 0 Å². The lowest BCUT2D eigenvalue weighted by atomic mass is 9.92. The number of aromatic nitrogens is 1. The molecule has 2 aliphatic heterocycles. The minimum atomic E-state index is -0.358. The Morgan fingerprint density at radius 1 is 1.18 bits per heavy atom. The molecule has 2 aliphatic rings. The Labute approximate surface area is 167 Å². The van der Waals surface area contributed by atoms with Gasteiger partial charge < -0.3 is 10.6 Å². The van der Waals surface area contributed by atoms with E-state index >= 15 is 0 Å². The summed E-state index contributed by atoms with van der Waals surface area (Å²) in [6.45, 7) is 5.53. The fourth-order valence-corrected chi connectivity index (χ4v) is 4.43. The van der Waals surface area contributed by atoms with Crippen molar-refractivity contribution in [1.82, 2.24) is 19.7 Å². The second-order valence-electron chi connectivity index (χ2n) is 8.17. The fourth-order valence-electron chi connectivity index (χ4n) is 4.43. The number of pyridine rings is 1. The lowest BCUT2D eigenvalue weighted by molar-refractivity contribution is -0.136. The Balaban J connectivity index is 1.46. The molecule has 2 saturated heterocycles. The van der Waals surface area contributed by atoms with Gasteiger partial charge in [0.15, 0.2) is 0 Å². The lowest BCUT2D eigenvalue weighted by Crippen LogP contribution is -2.51. The molecule has 2 amide bonds. The summed E-state index contributed by atoms with van der Waals surface area (Å²) in [5.74, 6) is -0.161. The van der Waals surface area contributed by atoms with E-state index in [9.17, 15) is 9.59 Å². The third-order valence-corrected chi connectivity index (χ3v) is 6.10. The molecule has 1 atom stereocenters. The Morgan fingerprint density at radius 2 is 1.89 bits per heavy atom. The number of nitrogens with two attached hydrogens (primary N) is 1. The first-order valence-electron chi connectivity index (χ1n) is 10.4. The topological polar surface area (TPSA) is 82.8 Å². The van der Waals surface area contributed by atoms with Crippen LogP contribution in [0.1, 0.15) is 37.7 Å². The Kier molecular flexibility index (Phi) is 7.39. The van der Waals surface area contributed by atoms with Gasteiger partial charge in [0.2, 0.25) is 11.8 Å². The van der Waals surface area contributed by atoms with E-state index in [1.807, 2.05) is 12.4 Å². The maximum atomic E-state index is 12.7. The molecule has 7 heteroatoms. The van der Waals surface area contributed by atoms with E-state index in [1.165, 1.54) is 5.56 Å². The quantitative estimate of drug-likeness (QED) is 0.757. The number of hydrogen-bond donors (Lipinski definition) is 1. The number of carbonyl (C=O) groups excluding carboxylic acids is 2. The summed E-state index contributed by atoms with van der Waals surface area (Å²) >= 11 is 0. The smallest absolute Gasteiger partial charge is 0.226 e. The fraction of sp³-hybridized carbons (Fsp3) is 0.667. The van der Waals surface area contributed by atoms with Crippen LogP contribution < -0.4 is 5.73 Å². The van der Waals surface area contributed by atoms with E-state index in [0.717, 1.165) is 58.4 Å². The number of primary amides is 1. The van der Waals surface area contributed by atoms with Gasteiger partial charge in [0, 0.05) is 51.5 Å². The predicted molar refractivity (Wildman–Crippen MR) is 108 cm³/mol. The molecular weight excluding hydrogens is 354 g/mol. The van der Waals surface area contributed by atoms with E-state index in [1.54, 1.807) is 11.9 Å². The molecule has 1 aromatic heterocycles. The summed E-state index contributed by atoms with van der Waals surface area (Å²) < 4.78 is 0. The number of amides is 2. The second-order valence-corrected chi connectivity index (χ2v) is 8.17. The summed E-state index contributed by atoms with van der Waals surface area (Å²) in [5, 5.41) is 0. The minimum Gasteiger partial charge on any atom is -0.370 e. The highest BCUT2D eigenvalue weighted by atomic mass is 16.2. The third kappa shape index (κ3) is 5.75. The van der Waals surface area contributed by atoms with Gasteiger partial charge in [-0.1, -0.05) is 0 Å². The van der Waals surface area contributed by atoms with Gasteiger partial charge in [0.1, 0.15) is 0 Å². The van der Waals surface area contributed by atoms with E-state index in [4.69, 9.17) is 5.73 Å². The zero-order valence-corrected chi connectivity index (χ0v) is 16.9. The molecule has 0 saturated carbocycles. The molecule has 28 heavy (non-hydrogen) atoms. The van der Waals surface area contributed by atoms with Gasteiger partial charge in [-0.2, -0.15) is 0 Å². The Morgan fingerprint density at radius 3 is 2.57 bits per heavy atom. The van der Waals surface area contributed by atoms with Gasteiger partial charge in [-0.3, -0.25) is 24.4 Å². The van der Waals surface area contributed by atoms with E-state index in [2.05, 4.69) is 26.9 Å². The standard InChI is InChI=1S/C21H33N5O2/c1-24(12-8-20(22)27)21(28)18-3-2-11-26(16-18)19-6-13-25(14-7-19)15-17-4-9-23-10-5-17/h4-5,9-10,18-19H,2-3,6-8,11-16H2,1H3,(H2,22,27)/t18-/m1/s1. The van der Waals surface area contributed by atoms with Crippen molar-refractivity contribution in [2.45, 2.75) is 44.7 Å². The molecule has 3 rings (SSSR count). The average molecular weight is 388 g/mol. The molecule has 154 valence electrons. The van der Waals surface area contributed by atoms with Crippen LogP contribution in [0.15, 0.2) is 24.5 Å². The molecule has 1 aromatic rings. The molecule has 0 spiro atoms. The van der Waals surface area contributed by atoms with Gasteiger partial charge in [0.25, 0.3) is 0 Å². The summed E-state index contributed by atoms with van der Waals surface area (Å²) in [6.07, 6.45) is 8.26. The molecule has 3 heterocycles. The number of carbonyl (C=O) groups is 2. The third-order valence-electron chi connectivity index (χ3n) is 6.10. The summed E-state index contributed by atoms with van der Waals surface area (Å²) in [7, 11) is 1.78. The summed E-state index contributed by atoms with van der Waals surface area (Å²) in [5.41, 5.74) is 6.52. The molecule has 2 fully saturated rings. The SMILES string of the molecule is CN(CCC(N)=O)C(=O)[C@@H]1CCCN(C2CCN(Cc3ccncc3)CC2)C1. The van der Waals surface area contributed by atoms with Crippen molar-refractivity contribution in [3.05, 3.63) is 30.1 Å². The van der Waals surface area contributed by atoms with Crippen molar-refractivity contribution < 1.29 is 9.59 Å². The minimum absolute atomic E-state index is 0.0430. The highest BCUT2D eigenvalue weighted by molar-refractivity contribution is 5.80. The number of nitrogens with zero attached hydrogens (tertiary/aromatic N) is 4. The monoisotopic (exact) mass is 387 g/mol. The second kappa shape index (κ2) is 9.98. The van der Waals surface area contributed by atoms with Crippen LogP contribution in [0.3, 0.4) is 0 Å². The highest BCUT2D eigenvalue weighted by Gasteiger charge is 2.32. The molecule has 0 unspecified atom stereocenters. The lowest BCUT2D eigenvalue weighted by Gasteiger charge is -2.42. The van der Waals surface area contributed by atoms with Crippen molar-refractivity contribution in [3.8, 4) is 0 Å². The van der Waals surface area contributed by atoms with Crippen LogP contribution in [0.5, 0.6) is 0 Å². The zero-order valence-electron chi connectivity index (χ0n) is 16.9. The number of likely N-dealkylation sites (tertiary alicyclic amines) is 2. The van der Waals surface area contributed by atoms with Crippen LogP contribution in [-0.2, 0) is 16.1 Å². The summed E-state index contributed by atoms with van der Waals surface area (Å²) in [4.78, 5) is 34.5. The Bertz CT molecular complexity index is 645. The van der Waals surface area contributed by atoms with Crippen LogP contribution in [0.2, 0.25) is 0 Å². The van der Waals surface area contributed by atoms with Crippen molar-refractivity contribution in [2.24, 2.45) is 11.7 Å². The van der Waals surface area contributed by atoms with Gasteiger partial charge in [-0.25, -0.2) is 0 Å². The predicted octanol–water partition coefficient (Wildman–Crippen LogP) is 1.09. The van der Waals surface area contributed by atoms with Crippen molar-refractivity contribution in [2.75, 3.05) is 39.8 Å². The van der Waals surface area contributed by atoms with Gasteiger partial charge in [-0.15, -0.1) is 0 Å². The Hall–Kier alpha value is -1.99. The zero-order chi connectivity index (χ0) is 19.9. The molecular formula is C21H33N5O2. The van der Waals surface area contributed by atoms with Crippen LogP contribution >= 0.6 is 0 Å². The number of rotatable bonds is 7. The molecule has 0 bridgehead atoms. The molecule has 0 aromatic carbocycles. The van der Waals surface area contributed by atoms with Crippen LogP contribution in [0.25, 0.3) is 0 Å². The maximum Gasteiger partial charge on any atom is 0.226 e. The van der Waals surface area contributed by atoms with Crippen molar-refractivity contribution >= 4 is 11.8 Å². The highest BCUT2D eigenvalue weighted by Crippen LogP contribution is 2.25. The number of piperidine rings is 2. The largest absolute Gasteiger partial charge is 0.370 e. The molecule has 0 aliphatic carbocycles. The van der Waals surface area contributed by atoms with E-state index < -0.39 is 0 Å².